The van der Waals surface area contributed by atoms with Crippen LogP contribution in [-0.2, 0) is 4.79 Å². The molecule has 2 aromatic carbocycles. The van der Waals surface area contributed by atoms with E-state index in [-0.39, 0.29) is 11.9 Å². The molecule has 1 fully saturated rings. The summed E-state index contributed by atoms with van der Waals surface area (Å²) in [5.74, 6) is 1.62. The number of methoxy groups -OCH3 is 1. The number of likely N-dealkylation sites (tertiary alicyclic amines) is 1. The van der Waals surface area contributed by atoms with E-state index in [1.54, 1.807) is 12.1 Å². The van der Waals surface area contributed by atoms with Gasteiger partial charge in [-0.2, -0.15) is 5.10 Å². The maximum Gasteiger partial charge on any atom is 0.257 e. The van der Waals surface area contributed by atoms with Crippen LogP contribution in [0.2, 0.25) is 0 Å². The number of benzene rings is 2. The van der Waals surface area contributed by atoms with Gasteiger partial charge in [0.15, 0.2) is 0 Å². The number of carbonyl (C=O) groups excluding carboxylic acids is 1. The number of amides is 1. The average molecular weight is 406 g/mol. The summed E-state index contributed by atoms with van der Waals surface area (Å²) in [6, 6.07) is 16.2. The van der Waals surface area contributed by atoms with Crippen LogP contribution in [0.15, 0.2) is 53.6 Å². The first kappa shape index (κ1) is 20.6. The summed E-state index contributed by atoms with van der Waals surface area (Å²) in [5.41, 5.74) is 4.30. The zero-order chi connectivity index (χ0) is 21.1. The Labute approximate surface area is 179 Å². The molecule has 0 bridgehead atoms. The van der Waals surface area contributed by atoms with Crippen LogP contribution in [0.5, 0.6) is 5.75 Å². The van der Waals surface area contributed by atoms with Crippen LogP contribution in [0.25, 0.3) is 0 Å². The molecule has 5 nitrogen and oxygen atoms in total. The van der Waals surface area contributed by atoms with Crippen LogP contribution in [0.4, 0.5) is 0 Å². The molecule has 0 aliphatic carbocycles. The molecule has 1 unspecified atom stereocenters. The van der Waals surface area contributed by atoms with Gasteiger partial charge in [-0.25, -0.2) is 5.01 Å². The minimum atomic E-state index is -0.105. The van der Waals surface area contributed by atoms with Gasteiger partial charge in [-0.1, -0.05) is 48.9 Å². The highest BCUT2D eigenvalue weighted by Crippen LogP contribution is 2.34. The lowest BCUT2D eigenvalue weighted by Crippen LogP contribution is -2.41. The fourth-order valence-corrected chi connectivity index (χ4v) is 4.33. The van der Waals surface area contributed by atoms with Crippen molar-refractivity contribution in [2.24, 2.45) is 11.0 Å². The second-order valence-electron chi connectivity index (χ2n) is 8.61. The van der Waals surface area contributed by atoms with Crippen LogP contribution in [0.3, 0.4) is 0 Å². The van der Waals surface area contributed by atoms with E-state index in [0.717, 1.165) is 54.4 Å². The molecule has 2 aliphatic rings. The maximum atomic E-state index is 13.3. The van der Waals surface area contributed by atoms with Gasteiger partial charge in [0, 0.05) is 6.42 Å². The van der Waals surface area contributed by atoms with Gasteiger partial charge in [-0.15, -0.1) is 0 Å². The predicted octanol–water partition coefficient (Wildman–Crippen LogP) is 4.41. The smallest absolute Gasteiger partial charge is 0.257 e. The Morgan fingerprint density at radius 2 is 1.90 bits per heavy atom. The van der Waals surface area contributed by atoms with E-state index in [4.69, 9.17) is 9.84 Å². The zero-order valence-electron chi connectivity index (χ0n) is 18.2. The lowest BCUT2D eigenvalue weighted by atomic mass is 9.97. The van der Waals surface area contributed by atoms with Crippen molar-refractivity contribution in [2.45, 2.75) is 39.2 Å². The number of aryl methyl sites for hydroxylation is 1. The summed E-state index contributed by atoms with van der Waals surface area (Å²) in [4.78, 5) is 15.6. The van der Waals surface area contributed by atoms with Crippen molar-refractivity contribution in [3.8, 4) is 5.75 Å². The number of piperidine rings is 1. The highest BCUT2D eigenvalue weighted by Gasteiger charge is 2.34. The Hall–Kier alpha value is -2.66. The first-order chi connectivity index (χ1) is 14.5. The quantitative estimate of drug-likeness (QED) is 0.740. The SMILES string of the molecule is COc1cccc(C2CC(c3cccc(C)c3)=NN2C(=O)CN2CCC(C)CC2)c1. The number of hydrogen-bond acceptors (Lipinski definition) is 4. The Balaban J connectivity index is 1.60. The topological polar surface area (TPSA) is 45.1 Å². The molecule has 0 saturated carbocycles. The molecule has 0 aromatic heterocycles. The molecule has 4 rings (SSSR count). The first-order valence-electron chi connectivity index (χ1n) is 10.9. The van der Waals surface area contributed by atoms with Crippen LogP contribution in [0.1, 0.15) is 48.9 Å². The third-order valence-electron chi connectivity index (χ3n) is 6.23. The Morgan fingerprint density at radius 1 is 1.13 bits per heavy atom. The molecule has 1 amide bonds. The Kier molecular flexibility index (Phi) is 6.18. The van der Waals surface area contributed by atoms with E-state index in [1.165, 1.54) is 5.56 Å². The van der Waals surface area contributed by atoms with E-state index in [0.29, 0.717) is 13.0 Å². The molecular formula is C25H31N3O2. The molecule has 1 atom stereocenters. The summed E-state index contributed by atoms with van der Waals surface area (Å²) in [5, 5.41) is 6.54. The summed E-state index contributed by atoms with van der Waals surface area (Å²) in [7, 11) is 1.67. The molecule has 2 aliphatic heterocycles. The summed E-state index contributed by atoms with van der Waals surface area (Å²) in [6.45, 7) is 6.77. The molecule has 0 radical (unpaired) electrons. The average Bonchev–Trinajstić information content (AvgIpc) is 3.21. The van der Waals surface area contributed by atoms with Crippen molar-refractivity contribution >= 4 is 11.6 Å². The molecule has 2 heterocycles. The largest absolute Gasteiger partial charge is 0.497 e. The fraction of sp³-hybridized carbons (Fsp3) is 0.440. The number of ether oxygens (including phenoxy) is 1. The van der Waals surface area contributed by atoms with E-state index in [1.807, 2.05) is 24.3 Å². The summed E-state index contributed by atoms with van der Waals surface area (Å²) >= 11 is 0. The van der Waals surface area contributed by atoms with E-state index in [2.05, 4.69) is 43.0 Å². The predicted molar refractivity (Wildman–Crippen MR) is 120 cm³/mol. The van der Waals surface area contributed by atoms with Gasteiger partial charge >= 0.3 is 0 Å². The number of nitrogens with zero attached hydrogens (tertiary/aromatic N) is 3. The fourth-order valence-electron chi connectivity index (χ4n) is 4.33. The second-order valence-corrected chi connectivity index (χ2v) is 8.61. The summed E-state index contributed by atoms with van der Waals surface area (Å²) in [6.07, 6.45) is 3.02. The maximum absolute atomic E-state index is 13.3. The van der Waals surface area contributed by atoms with Crippen LogP contribution in [-0.4, -0.2) is 48.3 Å². The minimum Gasteiger partial charge on any atom is -0.497 e. The monoisotopic (exact) mass is 405 g/mol. The zero-order valence-corrected chi connectivity index (χ0v) is 18.2. The van der Waals surface area contributed by atoms with Crippen LogP contribution < -0.4 is 4.74 Å². The van der Waals surface area contributed by atoms with Gasteiger partial charge in [0.1, 0.15) is 5.75 Å². The van der Waals surface area contributed by atoms with E-state index in [9.17, 15) is 4.79 Å². The van der Waals surface area contributed by atoms with Crippen molar-refractivity contribution in [3.05, 3.63) is 65.2 Å². The van der Waals surface area contributed by atoms with Gasteiger partial charge in [-0.3, -0.25) is 9.69 Å². The Bertz CT molecular complexity index is 931. The lowest BCUT2D eigenvalue weighted by Gasteiger charge is -2.31. The van der Waals surface area contributed by atoms with Gasteiger partial charge in [0.25, 0.3) is 5.91 Å². The second kappa shape index (κ2) is 9.00. The first-order valence-corrected chi connectivity index (χ1v) is 10.9. The van der Waals surface area contributed by atoms with Gasteiger partial charge in [0.2, 0.25) is 0 Å². The molecule has 1 saturated heterocycles. The van der Waals surface area contributed by atoms with Crippen molar-refractivity contribution in [3.63, 3.8) is 0 Å². The van der Waals surface area contributed by atoms with Gasteiger partial charge < -0.3 is 4.74 Å². The van der Waals surface area contributed by atoms with Crippen molar-refractivity contribution < 1.29 is 9.53 Å². The minimum absolute atomic E-state index is 0.0695. The van der Waals surface area contributed by atoms with Gasteiger partial charge in [-0.05, 0) is 62.0 Å². The molecule has 0 spiro atoms. The third kappa shape index (κ3) is 4.57. The normalized spacial score (nSPS) is 20.3. The van der Waals surface area contributed by atoms with Gasteiger partial charge in [0.05, 0.1) is 25.4 Å². The standard InChI is InChI=1S/C25H31N3O2/c1-18-10-12-27(13-11-18)17-25(29)28-24(21-8-5-9-22(15-21)30-3)16-23(26-28)20-7-4-6-19(2)14-20/h4-9,14-15,18,24H,10-13,16-17H2,1-3H3. The molecule has 158 valence electrons. The highest BCUT2D eigenvalue weighted by atomic mass is 16.5. The van der Waals surface area contributed by atoms with Crippen LogP contribution >= 0.6 is 0 Å². The molecular weight excluding hydrogens is 374 g/mol. The number of rotatable bonds is 5. The summed E-state index contributed by atoms with van der Waals surface area (Å²) < 4.78 is 5.42. The van der Waals surface area contributed by atoms with Crippen LogP contribution in [0, 0.1) is 12.8 Å². The van der Waals surface area contributed by atoms with E-state index < -0.39 is 0 Å². The highest BCUT2D eigenvalue weighted by molar-refractivity contribution is 6.03. The molecule has 0 N–H and O–H groups in total. The lowest BCUT2D eigenvalue weighted by molar-refractivity contribution is -0.134. The number of carbonyl (C=O) groups is 1. The third-order valence-corrected chi connectivity index (χ3v) is 6.23. The molecule has 30 heavy (non-hydrogen) atoms. The number of hydrazone groups is 1. The Morgan fingerprint density at radius 3 is 2.63 bits per heavy atom. The van der Waals surface area contributed by atoms with Crippen molar-refractivity contribution in [2.75, 3.05) is 26.7 Å². The number of hydrogen-bond donors (Lipinski definition) is 0. The van der Waals surface area contributed by atoms with E-state index >= 15 is 0 Å². The van der Waals surface area contributed by atoms with Crippen molar-refractivity contribution in [1.29, 1.82) is 0 Å². The van der Waals surface area contributed by atoms with Crippen molar-refractivity contribution in [1.82, 2.24) is 9.91 Å². The molecule has 2 aromatic rings. The molecule has 5 heteroatoms.